The van der Waals surface area contributed by atoms with Crippen LogP contribution in [0.2, 0.25) is 0 Å². The predicted octanol–water partition coefficient (Wildman–Crippen LogP) is 2.93. The number of rotatable bonds is 5. The fraction of sp³-hybridized carbons (Fsp3) is 0.733. The van der Waals surface area contributed by atoms with E-state index in [1.165, 1.54) is 31.5 Å². The van der Waals surface area contributed by atoms with Crippen LogP contribution in [0.4, 0.5) is 0 Å². The van der Waals surface area contributed by atoms with E-state index in [2.05, 4.69) is 37.1 Å². The Balaban J connectivity index is 1.89. The normalized spacial score (nSPS) is 18.4. The molecule has 3 heteroatoms. The summed E-state index contributed by atoms with van der Waals surface area (Å²) < 4.78 is 5.94. The number of piperidine rings is 1. The predicted molar refractivity (Wildman–Crippen MR) is 74.5 cm³/mol. The summed E-state index contributed by atoms with van der Waals surface area (Å²) in [5.74, 6) is 3.11. The van der Waals surface area contributed by atoms with Gasteiger partial charge >= 0.3 is 0 Å². The second-order valence-corrected chi connectivity index (χ2v) is 5.56. The summed E-state index contributed by atoms with van der Waals surface area (Å²) in [6.07, 6.45) is 2.65. The molecule has 1 aliphatic rings. The molecule has 0 atom stereocenters. The number of furan rings is 1. The Morgan fingerprint density at radius 3 is 2.78 bits per heavy atom. The van der Waals surface area contributed by atoms with Gasteiger partial charge in [0.25, 0.3) is 0 Å². The Morgan fingerprint density at radius 2 is 2.11 bits per heavy atom. The molecule has 0 unspecified atom stereocenters. The molecule has 1 aromatic heterocycles. The molecule has 1 aromatic rings. The van der Waals surface area contributed by atoms with Crippen LogP contribution in [0.15, 0.2) is 10.5 Å². The highest BCUT2D eigenvalue weighted by Gasteiger charge is 2.17. The average Bonchev–Trinajstić information content (AvgIpc) is 2.70. The largest absolute Gasteiger partial charge is 0.463 e. The van der Waals surface area contributed by atoms with Gasteiger partial charge in [-0.3, -0.25) is 4.90 Å². The molecule has 0 spiro atoms. The van der Waals surface area contributed by atoms with Crippen molar-refractivity contribution in [2.24, 2.45) is 5.92 Å². The number of aryl methyl sites for hydroxylation is 1. The summed E-state index contributed by atoms with van der Waals surface area (Å²) in [4.78, 5) is 2.51. The van der Waals surface area contributed by atoms with Crippen molar-refractivity contribution < 1.29 is 4.42 Å². The average molecular weight is 250 g/mol. The Kier molecular flexibility index (Phi) is 4.84. The Hall–Kier alpha value is -0.800. The molecule has 0 aliphatic carbocycles. The number of hydrogen-bond donors (Lipinski definition) is 1. The van der Waals surface area contributed by atoms with E-state index in [1.54, 1.807) is 0 Å². The summed E-state index contributed by atoms with van der Waals surface area (Å²) in [6.45, 7) is 11.8. The quantitative estimate of drug-likeness (QED) is 0.871. The highest BCUT2D eigenvalue weighted by atomic mass is 16.3. The molecule has 1 aliphatic heterocycles. The van der Waals surface area contributed by atoms with Gasteiger partial charge in [0, 0.05) is 0 Å². The van der Waals surface area contributed by atoms with Gasteiger partial charge in [0.2, 0.25) is 0 Å². The van der Waals surface area contributed by atoms with E-state index >= 15 is 0 Å². The molecular weight excluding hydrogens is 224 g/mol. The number of nitrogens with one attached hydrogen (secondary N) is 1. The van der Waals surface area contributed by atoms with Crippen molar-refractivity contribution in [3.63, 3.8) is 0 Å². The standard InChI is InChI=1S/C15H26N2O/c1-4-16-10-15-13(3)9-14(18-15)11-17-7-5-12(2)6-8-17/h9,12,16H,4-8,10-11H2,1-3H3. The molecule has 1 fully saturated rings. The van der Waals surface area contributed by atoms with E-state index in [0.29, 0.717) is 0 Å². The van der Waals surface area contributed by atoms with Gasteiger partial charge in [-0.05, 0) is 56.9 Å². The highest BCUT2D eigenvalue weighted by molar-refractivity contribution is 5.20. The van der Waals surface area contributed by atoms with Gasteiger partial charge in [0.15, 0.2) is 0 Å². The zero-order valence-corrected chi connectivity index (χ0v) is 12.0. The zero-order chi connectivity index (χ0) is 13.0. The van der Waals surface area contributed by atoms with Crippen molar-refractivity contribution in [2.45, 2.75) is 46.7 Å². The van der Waals surface area contributed by atoms with Crippen LogP contribution in [-0.2, 0) is 13.1 Å². The number of likely N-dealkylation sites (tertiary alicyclic amines) is 1. The lowest BCUT2D eigenvalue weighted by molar-refractivity contribution is 0.172. The highest BCUT2D eigenvalue weighted by Crippen LogP contribution is 2.20. The number of hydrogen-bond acceptors (Lipinski definition) is 3. The molecule has 18 heavy (non-hydrogen) atoms. The van der Waals surface area contributed by atoms with Crippen LogP contribution in [0.25, 0.3) is 0 Å². The smallest absolute Gasteiger partial charge is 0.120 e. The molecule has 0 saturated carbocycles. The Labute approximate surface area is 111 Å². The van der Waals surface area contributed by atoms with Gasteiger partial charge in [-0.2, -0.15) is 0 Å². The van der Waals surface area contributed by atoms with Crippen molar-refractivity contribution in [1.29, 1.82) is 0 Å². The molecule has 3 nitrogen and oxygen atoms in total. The molecule has 0 aromatic carbocycles. The van der Waals surface area contributed by atoms with Gasteiger partial charge in [-0.1, -0.05) is 13.8 Å². The lowest BCUT2D eigenvalue weighted by Gasteiger charge is -2.29. The van der Waals surface area contributed by atoms with Gasteiger partial charge in [0.1, 0.15) is 11.5 Å². The first-order chi connectivity index (χ1) is 8.69. The third-order valence-electron chi connectivity index (χ3n) is 3.86. The van der Waals surface area contributed by atoms with E-state index in [9.17, 15) is 0 Å². The van der Waals surface area contributed by atoms with Crippen LogP contribution in [0.3, 0.4) is 0 Å². The molecular formula is C15H26N2O. The van der Waals surface area contributed by atoms with Gasteiger partial charge < -0.3 is 9.73 Å². The lowest BCUT2D eigenvalue weighted by Crippen LogP contribution is -2.32. The SMILES string of the molecule is CCNCc1oc(CN2CCC(C)CC2)cc1C. The molecule has 0 radical (unpaired) electrons. The van der Waals surface area contributed by atoms with E-state index in [0.717, 1.165) is 37.1 Å². The third-order valence-corrected chi connectivity index (χ3v) is 3.86. The fourth-order valence-electron chi connectivity index (χ4n) is 2.52. The number of nitrogens with zero attached hydrogens (tertiary/aromatic N) is 1. The summed E-state index contributed by atoms with van der Waals surface area (Å²) in [5.41, 5.74) is 1.27. The van der Waals surface area contributed by atoms with Crippen LogP contribution in [-0.4, -0.2) is 24.5 Å². The van der Waals surface area contributed by atoms with Crippen LogP contribution in [0.5, 0.6) is 0 Å². The first-order valence-electron chi connectivity index (χ1n) is 7.20. The Morgan fingerprint density at radius 1 is 1.39 bits per heavy atom. The molecule has 0 amide bonds. The molecule has 102 valence electrons. The Bertz CT molecular complexity index is 365. The van der Waals surface area contributed by atoms with Crippen molar-refractivity contribution >= 4 is 0 Å². The summed E-state index contributed by atoms with van der Waals surface area (Å²) in [5, 5.41) is 3.32. The maximum Gasteiger partial charge on any atom is 0.120 e. The molecule has 2 heterocycles. The second-order valence-electron chi connectivity index (χ2n) is 5.56. The van der Waals surface area contributed by atoms with Crippen LogP contribution >= 0.6 is 0 Å². The minimum Gasteiger partial charge on any atom is -0.463 e. The van der Waals surface area contributed by atoms with Gasteiger partial charge in [-0.25, -0.2) is 0 Å². The van der Waals surface area contributed by atoms with E-state index < -0.39 is 0 Å². The van der Waals surface area contributed by atoms with Crippen molar-refractivity contribution in [2.75, 3.05) is 19.6 Å². The topological polar surface area (TPSA) is 28.4 Å². The molecule has 0 bridgehead atoms. The van der Waals surface area contributed by atoms with Crippen LogP contribution < -0.4 is 5.32 Å². The summed E-state index contributed by atoms with van der Waals surface area (Å²) in [6, 6.07) is 2.20. The van der Waals surface area contributed by atoms with Crippen LogP contribution in [0, 0.1) is 12.8 Å². The second kappa shape index (κ2) is 6.39. The fourth-order valence-corrected chi connectivity index (χ4v) is 2.52. The van der Waals surface area contributed by atoms with Crippen molar-refractivity contribution in [3.05, 3.63) is 23.2 Å². The van der Waals surface area contributed by atoms with Crippen LogP contribution in [0.1, 0.15) is 43.8 Å². The molecule has 1 saturated heterocycles. The lowest BCUT2D eigenvalue weighted by atomic mass is 9.99. The van der Waals surface area contributed by atoms with Crippen molar-refractivity contribution in [3.8, 4) is 0 Å². The maximum atomic E-state index is 5.94. The molecule has 2 rings (SSSR count). The van der Waals surface area contributed by atoms with E-state index in [4.69, 9.17) is 4.42 Å². The summed E-state index contributed by atoms with van der Waals surface area (Å²) in [7, 11) is 0. The first-order valence-corrected chi connectivity index (χ1v) is 7.20. The van der Waals surface area contributed by atoms with Crippen molar-refractivity contribution in [1.82, 2.24) is 10.2 Å². The minimum atomic E-state index is 0.847. The van der Waals surface area contributed by atoms with Gasteiger partial charge in [0.05, 0.1) is 13.1 Å². The summed E-state index contributed by atoms with van der Waals surface area (Å²) >= 11 is 0. The maximum absolute atomic E-state index is 5.94. The minimum absolute atomic E-state index is 0.847. The molecule has 1 N–H and O–H groups in total. The van der Waals surface area contributed by atoms with Gasteiger partial charge in [-0.15, -0.1) is 0 Å². The first kappa shape index (κ1) is 13.6. The monoisotopic (exact) mass is 250 g/mol. The third kappa shape index (κ3) is 3.59. The zero-order valence-electron chi connectivity index (χ0n) is 12.0. The van der Waals surface area contributed by atoms with E-state index in [1.807, 2.05) is 0 Å². The van der Waals surface area contributed by atoms with E-state index in [-0.39, 0.29) is 0 Å².